The molecule has 0 spiro atoms. The van der Waals surface area contributed by atoms with Crippen LogP contribution in [0.5, 0.6) is 0 Å². The Balaban J connectivity index is 1.83. The van der Waals surface area contributed by atoms with Crippen LogP contribution in [-0.4, -0.2) is 49.6 Å². The Labute approximate surface area is 187 Å². The van der Waals surface area contributed by atoms with Crippen LogP contribution in [0.25, 0.3) is 0 Å². The van der Waals surface area contributed by atoms with E-state index in [9.17, 15) is 18.0 Å². The number of primary amides is 1. The van der Waals surface area contributed by atoms with E-state index in [0.717, 1.165) is 31.2 Å². The summed E-state index contributed by atoms with van der Waals surface area (Å²) in [5.41, 5.74) is 6.63. The van der Waals surface area contributed by atoms with Crippen LogP contribution in [-0.2, 0) is 16.6 Å². The number of hydrogen-bond acceptors (Lipinski definition) is 4. The van der Waals surface area contributed by atoms with Crippen LogP contribution in [0.15, 0.2) is 47.4 Å². The highest BCUT2D eigenvalue weighted by Gasteiger charge is 2.28. The van der Waals surface area contributed by atoms with E-state index in [-0.39, 0.29) is 27.9 Å². The molecule has 2 amide bonds. The zero-order chi connectivity index (χ0) is 22.6. The number of sulfonamides is 1. The topological polar surface area (TPSA) is 101 Å². The number of carbonyl (C=O) groups is 2. The van der Waals surface area contributed by atoms with E-state index in [4.69, 9.17) is 17.3 Å². The third-order valence-electron chi connectivity index (χ3n) is 5.34. The van der Waals surface area contributed by atoms with E-state index in [2.05, 4.69) is 0 Å². The molecule has 7 nitrogen and oxygen atoms in total. The van der Waals surface area contributed by atoms with Gasteiger partial charge in [-0.3, -0.25) is 9.59 Å². The molecule has 2 aromatic carbocycles. The molecule has 1 aliphatic heterocycles. The van der Waals surface area contributed by atoms with Gasteiger partial charge in [0.25, 0.3) is 5.91 Å². The molecule has 0 aromatic heterocycles. The second kappa shape index (κ2) is 9.80. The van der Waals surface area contributed by atoms with E-state index in [0.29, 0.717) is 18.7 Å². The van der Waals surface area contributed by atoms with Crippen LogP contribution in [0, 0.1) is 0 Å². The predicted molar refractivity (Wildman–Crippen MR) is 119 cm³/mol. The summed E-state index contributed by atoms with van der Waals surface area (Å²) in [6.07, 6.45) is 3.62. The molecule has 2 N–H and O–H groups in total. The van der Waals surface area contributed by atoms with Crippen molar-refractivity contribution in [1.29, 1.82) is 0 Å². The van der Waals surface area contributed by atoms with Crippen molar-refractivity contribution < 1.29 is 18.0 Å². The number of amides is 2. The number of nitrogens with zero attached hydrogens (tertiary/aromatic N) is 2. The molecule has 9 heteroatoms. The van der Waals surface area contributed by atoms with Gasteiger partial charge in [-0.2, -0.15) is 4.31 Å². The highest BCUT2D eigenvalue weighted by atomic mass is 35.5. The number of benzene rings is 2. The van der Waals surface area contributed by atoms with Gasteiger partial charge in [-0.15, -0.1) is 0 Å². The minimum Gasteiger partial charge on any atom is -0.366 e. The molecule has 1 aliphatic rings. The van der Waals surface area contributed by atoms with Crippen LogP contribution in [0.1, 0.15) is 52.0 Å². The summed E-state index contributed by atoms with van der Waals surface area (Å²) in [5, 5.41) is 0.0950. The summed E-state index contributed by atoms with van der Waals surface area (Å²) in [7, 11) is -2.18. The van der Waals surface area contributed by atoms with Crippen molar-refractivity contribution in [2.45, 2.75) is 37.1 Å². The van der Waals surface area contributed by atoms with Gasteiger partial charge in [0.1, 0.15) is 4.90 Å². The summed E-state index contributed by atoms with van der Waals surface area (Å²) in [4.78, 5) is 25.8. The summed E-state index contributed by atoms with van der Waals surface area (Å²) in [6, 6.07) is 11.0. The van der Waals surface area contributed by atoms with Gasteiger partial charge in [0.2, 0.25) is 15.9 Å². The molecule has 166 valence electrons. The van der Waals surface area contributed by atoms with E-state index >= 15 is 0 Å². The lowest BCUT2D eigenvalue weighted by Crippen LogP contribution is -2.32. The van der Waals surface area contributed by atoms with Gasteiger partial charge in [-0.1, -0.05) is 36.6 Å². The highest BCUT2D eigenvalue weighted by molar-refractivity contribution is 7.89. The minimum absolute atomic E-state index is 0.0500. The fourth-order valence-electron chi connectivity index (χ4n) is 3.64. The van der Waals surface area contributed by atoms with E-state index in [1.54, 1.807) is 31.3 Å². The molecule has 0 radical (unpaired) electrons. The SMILES string of the molecule is CN(Cc1cccc(C(N)=O)c1)C(=O)c1ccc(Cl)c(S(=O)(=O)N2CCCCCC2)c1. The maximum Gasteiger partial charge on any atom is 0.253 e. The lowest BCUT2D eigenvalue weighted by Gasteiger charge is -2.22. The second-order valence-corrected chi connectivity index (χ2v) is 10.0. The first kappa shape index (κ1) is 23.2. The fraction of sp³-hybridized carbons (Fsp3) is 0.364. The van der Waals surface area contributed by atoms with Crippen molar-refractivity contribution in [2.75, 3.05) is 20.1 Å². The lowest BCUT2D eigenvalue weighted by atomic mass is 10.1. The monoisotopic (exact) mass is 463 g/mol. The van der Waals surface area contributed by atoms with Gasteiger partial charge in [-0.25, -0.2) is 8.42 Å². The maximum absolute atomic E-state index is 13.2. The normalized spacial score (nSPS) is 15.3. The van der Waals surface area contributed by atoms with Crippen molar-refractivity contribution in [1.82, 2.24) is 9.21 Å². The summed E-state index contributed by atoms with van der Waals surface area (Å²) >= 11 is 6.23. The molecule has 1 saturated heterocycles. The van der Waals surface area contributed by atoms with Gasteiger partial charge in [0.15, 0.2) is 0 Å². The van der Waals surface area contributed by atoms with Crippen molar-refractivity contribution in [3.63, 3.8) is 0 Å². The molecular formula is C22H26ClN3O4S. The quantitative estimate of drug-likeness (QED) is 0.710. The zero-order valence-electron chi connectivity index (χ0n) is 17.4. The Hall–Kier alpha value is -2.42. The maximum atomic E-state index is 13.2. The Morgan fingerprint density at radius 2 is 1.71 bits per heavy atom. The van der Waals surface area contributed by atoms with Gasteiger partial charge in [0.05, 0.1) is 5.02 Å². The molecule has 0 saturated carbocycles. The molecule has 1 fully saturated rings. The molecule has 2 aromatic rings. The highest BCUT2D eigenvalue weighted by Crippen LogP contribution is 2.28. The van der Waals surface area contributed by atoms with E-state index in [1.165, 1.54) is 27.4 Å². The molecule has 3 rings (SSSR count). The van der Waals surface area contributed by atoms with Crippen LogP contribution in [0.4, 0.5) is 0 Å². The number of halogens is 1. The molecule has 0 aliphatic carbocycles. The van der Waals surface area contributed by atoms with Crippen molar-refractivity contribution in [3.8, 4) is 0 Å². The van der Waals surface area contributed by atoms with Gasteiger partial charge in [-0.05, 0) is 48.7 Å². The van der Waals surface area contributed by atoms with Crippen LogP contribution in [0.3, 0.4) is 0 Å². The number of carbonyl (C=O) groups excluding carboxylic acids is 2. The average molecular weight is 464 g/mol. The van der Waals surface area contributed by atoms with Crippen molar-refractivity contribution >= 4 is 33.4 Å². The van der Waals surface area contributed by atoms with Gasteiger partial charge >= 0.3 is 0 Å². The van der Waals surface area contributed by atoms with Crippen molar-refractivity contribution in [2.24, 2.45) is 5.73 Å². The number of hydrogen-bond donors (Lipinski definition) is 1. The number of nitrogens with two attached hydrogens (primary N) is 1. The minimum atomic E-state index is -3.79. The third kappa shape index (κ3) is 5.44. The van der Waals surface area contributed by atoms with Crippen LogP contribution < -0.4 is 5.73 Å². The summed E-state index contributed by atoms with van der Waals surface area (Å²) in [6.45, 7) is 1.14. The predicted octanol–water partition coefficient (Wildman–Crippen LogP) is 3.28. The first-order valence-corrected chi connectivity index (χ1v) is 12.0. The molecular weight excluding hydrogens is 438 g/mol. The molecule has 0 unspecified atom stereocenters. The Kier molecular flexibility index (Phi) is 7.35. The Morgan fingerprint density at radius 1 is 1.03 bits per heavy atom. The van der Waals surface area contributed by atoms with Crippen molar-refractivity contribution in [3.05, 3.63) is 64.2 Å². The smallest absolute Gasteiger partial charge is 0.253 e. The Morgan fingerprint density at radius 3 is 2.35 bits per heavy atom. The molecule has 0 atom stereocenters. The number of rotatable bonds is 6. The third-order valence-corrected chi connectivity index (χ3v) is 7.72. The largest absolute Gasteiger partial charge is 0.366 e. The average Bonchev–Trinajstić information content (AvgIpc) is 3.04. The van der Waals surface area contributed by atoms with E-state index in [1.807, 2.05) is 0 Å². The van der Waals surface area contributed by atoms with Gasteiger partial charge < -0.3 is 10.6 Å². The summed E-state index contributed by atoms with van der Waals surface area (Å²) in [5.74, 6) is -0.898. The summed E-state index contributed by atoms with van der Waals surface area (Å²) < 4.78 is 27.8. The van der Waals surface area contributed by atoms with E-state index < -0.39 is 15.9 Å². The first-order valence-electron chi connectivity index (χ1n) is 10.1. The first-order chi connectivity index (χ1) is 14.7. The molecule has 1 heterocycles. The molecule has 0 bridgehead atoms. The van der Waals surface area contributed by atoms with Crippen LogP contribution >= 0.6 is 11.6 Å². The zero-order valence-corrected chi connectivity index (χ0v) is 19.0. The Bertz CT molecular complexity index is 1080. The molecule has 31 heavy (non-hydrogen) atoms. The second-order valence-electron chi connectivity index (χ2n) is 7.69. The standard InChI is InChI=1S/C22H26ClN3O4S/c1-25(15-16-7-6-8-17(13-16)21(24)27)22(28)18-9-10-19(23)20(14-18)31(29,30)26-11-4-2-3-5-12-26/h6-10,13-14H,2-5,11-12,15H2,1H3,(H2,24,27). The van der Waals surface area contributed by atoms with Crippen LogP contribution in [0.2, 0.25) is 5.02 Å². The lowest BCUT2D eigenvalue weighted by molar-refractivity contribution is 0.0785. The fourth-order valence-corrected chi connectivity index (χ4v) is 5.66. The van der Waals surface area contributed by atoms with Gasteiger partial charge in [0, 0.05) is 37.8 Å².